The van der Waals surface area contributed by atoms with Crippen LogP contribution in [0.4, 0.5) is 5.69 Å². The molecule has 1 aliphatic heterocycles. The van der Waals surface area contributed by atoms with E-state index in [2.05, 4.69) is 6.92 Å². The summed E-state index contributed by atoms with van der Waals surface area (Å²) in [5.74, 6) is -2.55. The van der Waals surface area contributed by atoms with Crippen LogP contribution in [0.5, 0.6) is 0 Å². The van der Waals surface area contributed by atoms with Crippen LogP contribution < -0.4 is 4.90 Å². The molecule has 0 bridgehead atoms. The molecule has 0 fully saturated rings. The van der Waals surface area contributed by atoms with E-state index in [-0.39, 0.29) is 24.8 Å². The number of carbonyl (C=O) groups excluding carboxylic acids is 2. The van der Waals surface area contributed by atoms with Crippen LogP contribution >= 0.6 is 0 Å². The van der Waals surface area contributed by atoms with Crippen molar-refractivity contribution in [3.05, 3.63) is 29.8 Å². The Bertz CT molecular complexity index is 657. The Kier molecular flexibility index (Phi) is 7.18. The van der Waals surface area contributed by atoms with Crippen molar-refractivity contribution in [3.63, 3.8) is 0 Å². The second kappa shape index (κ2) is 9.36. The fourth-order valence-corrected chi connectivity index (χ4v) is 3.51. The molecule has 2 atom stereocenters. The van der Waals surface area contributed by atoms with Crippen molar-refractivity contribution in [1.82, 2.24) is 0 Å². The molecule has 1 aromatic rings. The molecule has 0 spiro atoms. The highest BCUT2D eigenvalue weighted by molar-refractivity contribution is 5.98. The van der Waals surface area contributed by atoms with Gasteiger partial charge in [0.15, 0.2) is 0 Å². The highest BCUT2D eigenvalue weighted by atomic mass is 16.5. The second-order valence-electron chi connectivity index (χ2n) is 6.79. The lowest BCUT2D eigenvalue weighted by atomic mass is 9.89. The summed E-state index contributed by atoms with van der Waals surface area (Å²) in [7, 11) is 1.34. The van der Waals surface area contributed by atoms with Crippen LogP contribution in [0, 0.1) is 11.8 Å². The highest BCUT2D eigenvalue weighted by Crippen LogP contribution is 2.32. The Morgan fingerprint density at radius 2 is 2.00 bits per heavy atom. The Balaban J connectivity index is 2.27. The molecule has 1 aromatic carbocycles. The third kappa shape index (κ3) is 4.84. The predicted octanol–water partition coefficient (Wildman–Crippen LogP) is 3.04. The van der Waals surface area contributed by atoms with Crippen LogP contribution in [0.1, 0.15) is 44.6 Å². The van der Waals surface area contributed by atoms with Crippen LogP contribution in [0.15, 0.2) is 24.3 Å². The molecule has 2 rings (SSSR count). The summed E-state index contributed by atoms with van der Waals surface area (Å²) in [4.78, 5) is 38.0. The zero-order valence-electron chi connectivity index (χ0n) is 15.4. The van der Waals surface area contributed by atoms with Crippen LogP contribution in [0.3, 0.4) is 0 Å². The fraction of sp³-hybridized carbons (Fsp3) is 0.550. The van der Waals surface area contributed by atoms with Gasteiger partial charge in [-0.25, -0.2) is 0 Å². The molecule has 142 valence electrons. The number of rotatable bonds is 8. The van der Waals surface area contributed by atoms with E-state index in [1.54, 1.807) is 4.90 Å². The molecule has 26 heavy (non-hydrogen) atoms. The van der Waals surface area contributed by atoms with Gasteiger partial charge in [-0.2, -0.15) is 0 Å². The first-order chi connectivity index (χ1) is 12.5. The third-order valence-electron chi connectivity index (χ3n) is 4.88. The Morgan fingerprint density at radius 3 is 2.65 bits per heavy atom. The van der Waals surface area contributed by atoms with Gasteiger partial charge in [-0.05, 0) is 24.5 Å². The maximum absolute atomic E-state index is 13.2. The maximum Gasteiger partial charge on any atom is 0.310 e. The van der Waals surface area contributed by atoms with E-state index in [9.17, 15) is 19.5 Å². The van der Waals surface area contributed by atoms with E-state index in [4.69, 9.17) is 4.74 Å². The number of hydrogen-bond acceptors (Lipinski definition) is 4. The molecule has 0 saturated carbocycles. The number of amides is 1. The van der Waals surface area contributed by atoms with Gasteiger partial charge in [0, 0.05) is 18.2 Å². The number of fused-ring (bicyclic) bond motifs is 1. The lowest BCUT2D eigenvalue weighted by Gasteiger charge is -2.35. The van der Waals surface area contributed by atoms with Gasteiger partial charge in [0.1, 0.15) is 0 Å². The number of carboxylic acids is 1. The summed E-state index contributed by atoms with van der Waals surface area (Å²) in [5.41, 5.74) is 1.67. The zero-order chi connectivity index (χ0) is 19.1. The highest BCUT2D eigenvalue weighted by Gasteiger charge is 2.35. The van der Waals surface area contributed by atoms with Gasteiger partial charge in [-0.3, -0.25) is 14.4 Å². The molecule has 6 nitrogen and oxygen atoms in total. The number of anilines is 1. The van der Waals surface area contributed by atoms with Crippen molar-refractivity contribution in [2.75, 3.05) is 18.6 Å². The molecule has 1 unspecified atom stereocenters. The van der Waals surface area contributed by atoms with Crippen molar-refractivity contribution < 1.29 is 24.2 Å². The molecule has 1 aliphatic rings. The summed E-state index contributed by atoms with van der Waals surface area (Å²) in [6.07, 6.45) is 3.66. The lowest BCUT2D eigenvalue weighted by molar-refractivity contribution is -0.145. The summed E-state index contributed by atoms with van der Waals surface area (Å²) in [6.45, 7) is 2.29. The number of para-hydroxylation sites is 1. The van der Waals surface area contributed by atoms with Crippen molar-refractivity contribution in [2.45, 2.75) is 45.4 Å². The molecule has 0 aliphatic carbocycles. The average Bonchev–Trinajstić information content (AvgIpc) is 2.65. The van der Waals surface area contributed by atoms with Gasteiger partial charge < -0.3 is 14.7 Å². The first-order valence-electron chi connectivity index (χ1n) is 9.16. The van der Waals surface area contributed by atoms with Gasteiger partial charge in [-0.1, -0.05) is 44.4 Å². The minimum absolute atomic E-state index is 0.190. The molecule has 0 aromatic heterocycles. The number of benzene rings is 1. The molecule has 1 N–H and O–H groups in total. The number of aliphatic carboxylic acids is 1. The molecule has 1 heterocycles. The minimum Gasteiger partial charge on any atom is -0.481 e. The Hall–Kier alpha value is -2.37. The van der Waals surface area contributed by atoms with Crippen molar-refractivity contribution in [1.29, 1.82) is 0 Å². The number of ether oxygens (including phenoxy) is 1. The zero-order valence-corrected chi connectivity index (χ0v) is 15.4. The summed E-state index contributed by atoms with van der Waals surface area (Å²) < 4.78 is 4.87. The topological polar surface area (TPSA) is 83.9 Å². The molecular weight excluding hydrogens is 334 g/mol. The summed E-state index contributed by atoms with van der Waals surface area (Å²) >= 11 is 0. The number of hydrogen-bond donors (Lipinski definition) is 1. The van der Waals surface area contributed by atoms with Gasteiger partial charge in [0.2, 0.25) is 5.91 Å². The standard InChI is InChI=1S/C20H27NO5/c1-3-4-5-9-15(12-18(22)23)19(24)21-13-16(20(25)26-2)11-14-8-6-7-10-17(14)21/h6-8,10,15-16H,3-5,9,11-13H2,1-2H3,(H,22,23)/t15-,16?/m0/s1. The maximum atomic E-state index is 13.2. The van der Waals surface area contributed by atoms with E-state index in [0.29, 0.717) is 12.8 Å². The number of unbranched alkanes of at least 4 members (excludes halogenated alkanes) is 2. The van der Waals surface area contributed by atoms with Gasteiger partial charge in [0.25, 0.3) is 0 Å². The van der Waals surface area contributed by atoms with Crippen LogP contribution in [0.2, 0.25) is 0 Å². The smallest absolute Gasteiger partial charge is 0.310 e. The molecule has 6 heteroatoms. The normalized spacial score (nSPS) is 17.3. The van der Waals surface area contributed by atoms with Crippen molar-refractivity contribution in [3.8, 4) is 0 Å². The van der Waals surface area contributed by atoms with Crippen LogP contribution in [-0.2, 0) is 25.5 Å². The summed E-state index contributed by atoms with van der Waals surface area (Å²) in [6, 6.07) is 7.47. The van der Waals surface area contributed by atoms with Gasteiger partial charge in [0.05, 0.1) is 19.4 Å². The number of carboxylic acid groups (broad SMARTS) is 1. The van der Waals surface area contributed by atoms with E-state index in [1.165, 1.54) is 7.11 Å². The number of nitrogens with zero attached hydrogens (tertiary/aromatic N) is 1. The average molecular weight is 361 g/mol. The molecule has 0 radical (unpaired) electrons. The first kappa shape index (κ1) is 19.9. The Morgan fingerprint density at radius 1 is 1.27 bits per heavy atom. The third-order valence-corrected chi connectivity index (χ3v) is 4.88. The van der Waals surface area contributed by atoms with Gasteiger partial charge in [-0.15, -0.1) is 0 Å². The largest absolute Gasteiger partial charge is 0.481 e. The van der Waals surface area contributed by atoms with E-state index in [1.807, 2.05) is 24.3 Å². The number of esters is 1. The molecule has 0 saturated heterocycles. The van der Waals surface area contributed by atoms with Crippen molar-refractivity contribution in [2.24, 2.45) is 11.8 Å². The van der Waals surface area contributed by atoms with E-state index >= 15 is 0 Å². The number of methoxy groups -OCH3 is 1. The predicted molar refractivity (Wildman–Crippen MR) is 97.9 cm³/mol. The Labute approximate surface area is 154 Å². The van der Waals surface area contributed by atoms with E-state index in [0.717, 1.165) is 30.5 Å². The second-order valence-corrected chi connectivity index (χ2v) is 6.79. The first-order valence-corrected chi connectivity index (χ1v) is 9.16. The minimum atomic E-state index is -0.977. The van der Waals surface area contributed by atoms with E-state index < -0.39 is 17.8 Å². The quantitative estimate of drug-likeness (QED) is 0.568. The SMILES string of the molecule is CCCCC[C@@H](CC(=O)O)C(=O)N1CC(C(=O)OC)Cc2ccccc21. The number of carbonyl (C=O) groups is 3. The lowest BCUT2D eigenvalue weighted by Crippen LogP contribution is -2.45. The van der Waals surface area contributed by atoms with Crippen molar-refractivity contribution >= 4 is 23.5 Å². The summed E-state index contributed by atoms with van der Waals surface area (Å²) in [5, 5.41) is 9.22. The monoisotopic (exact) mass is 361 g/mol. The molecule has 1 amide bonds. The molecular formula is C20H27NO5. The van der Waals surface area contributed by atoms with Crippen LogP contribution in [-0.4, -0.2) is 36.6 Å². The fourth-order valence-electron chi connectivity index (χ4n) is 3.51. The van der Waals surface area contributed by atoms with Crippen LogP contribution in [0.25, 0.3) is 0 Å². The van der Waals surface area contributed by atoms with Gasteiger partial charge >= 0.3 is 11.9 Å².